The first-order valence-corrected chi connectivity index (χ1v) is 7.12. The van der Waals surface area contributed by atoms with Crippen LogP contribution in [0.15, 0.2) is 6.07 Å². The van der Waals surface area contributed by atoms with Crippen LogP contribution < -0.4 is 11.1 Å². The van der Waals surface area contributed by atoms with Gasteiger partial charge in [0.05, 0.1) is 16.3 Å². The Morgan fingerprint density at radius 1 is 1.56 bits per heavy atom. The van der Waals surface area contributed by atoms with Crippen molar-refractivity contribution in [3.8, 4) is 11.8 Å². The number of rotatable bonds is 2. The van der Waals surface area contributed by atoms with Crippen molar-refractivity contribution in [3.05, 3.63) is 21.4 Å². The lowest BCUT2D eigenvalue weighted by Gasteiger charge is -2.10. The van der Waals surface area contributed by atoms with Crippen LogP contribution in [-0.4, -0.2) is 18.5 Å². The number of hydrogen-bond donors (Lipinski definition) is 2. The summed E-state index contributed by atoms with van der Waals surface area (Å²) in [5, 5.41) is 3.09. The zero-order valence-corrected chi connectivity index (χ0v) is 11.4. The highest BCUT2D eigenvalue weighted by Crippen LogP contribution is 2.23. The standard InChI is InChI=1S/C14H18N2OS/c1-10-9-13(18-12(10)7-4-8-15)14(17)16-11-5-2-3-6-11/h9,11H,2-3,5-6,8,15H2,1H3,(H,16,17). The molecule has 0 saturated heterocycles. The third-order valence-corrected chi connectivity index (χ3v) is 4.29. The van der Waals surface area contributed by atoms with Crippen LogP contribution in [0.25, 0.3) is 0 Å². The van der Waals surface area contributed by atoms with E-state index in [2.05, 4.69) is 17.2 Å². The maximum atomic E-state index is 12.1. The molecule has 0 atom stereocenters. The highest BCUT2D eigenvalue weighted by atomic mass is 32.1. The Bertz CT molecular complexity index is 490. The maximum absolute atomic E-state index is 12.1. The van der Waals surface area contributed by atoms with E-state index in [1.807, 2.05) is 13.0 Å². The summed E-state index contributed by atoms with van der Waals surface area (Å²) in [6, 6.07) is 2.27. The van der Waals surface area contributed by atoms with Crippen LogP contribution >= 0.6 is 11.3 Å². The van der Waals surface area contributed by atoms with Gasteiger partial charge < -0.3 is 11.1 Å². The molecule has 1 fully saturated rings. The molecule has 0 aliphatic heterocycles. The van der Waals surface area contributed by atoms with Gasteiger partial charge in [0.1, 0.15) is 0 Å². The molecule has 0 bridgehead atoms. The molecule has 96 valence electrons. The van der Waals surface area contributed by atoms with Gasteiger partial charge in [0.25, 0.3) is 5.91 Å². The normalized spacial score (nSPS) is 15.2. The third-order valence-electron chi connectivity index (χ3n) is 3.14. The molecular formula is C14H18N2OS. The summed E-state index contributed by atoms with van der Waals surface area (Å²) in [7, 11) is 0. The highest BCUT2D eigenvalue weighted by molar-refractivity contribution is 7.14. The van der Waals surface area contributed by atoms with Crippen LogP contribution in [0.4, 0.5) is 0 Å². The van der Waals surface area contributed by atoms with Crippen molar-refractivity contribution >= 4 is 17.2 Å². The molecule has 0 radical (unpaired) electrons. The molecule has 2 rings (SSSR count). The Hall–Kier alpha value is -1.31. The van der Waals surface area contributed by atoms with Crippen molar-refractivity contribution in [2.24, 2.45) is 5.73 Å². The second-order valence-corrected chi connectivity index (χ2v) is 5.64. The zero-order valence-electron chi connectivity index (χ0n) is 10.6. The van der Waals surface area contributed by atoms with Gasteiger partial charge in [0, 0.05) is 6.04 Å². The first-order valence-electron chi connectivity index (χ1n) is 6.31. The summed E-state index contributed by atoms with van der Waals surface area (Å²) < 4.78 is 0. The smallest absolute Gasteiger partial charge is 0.261 e. The Morgan fingerprint density at radius 3 is 2.94 bits per heavy atom. The molecule has 1 aromatic heterocycles. The summed E-state index contributed by atoms with van der Waals surface area (Å²) >= 11 is 1.45. The van der Waals surface area contributed by atoms with Crippen LogP contribution in [0.2, 0.25) is 0 Å². The molecule has 18 heavy (non-hydrogen) atoms. The van der Waals surface area contributed by atoms with Gasteiger partial charge in [-0.25, -0.2) is 0 Å². The largest absolute Gasteiger partial charge is 0.349 e. The van der Waals surface area contributed by atoms with Gasteiger partial charge in [-0.3, -0.25) is 4.79 Å². The van der Waals surface area contributed by atoms with Crippen molar-refractivity contribution < 1.29 is 4.79 Å². The number of thiophene rings is 1. The number of amides is 1. The quantitative estimate of drug-likeness (QED) is 0.801. The fourth-order valence-electron chi connectivity index (χ4n) is 2.18. The second kappa shape index (κ2) is 6.03. The molecule has 0 spiro atoms. The Balaban J connectivity index is 2.06. The molecule has 1 aliphatic carbocycles. The monoisotopic (exact) mass is 262 g/mol. The van der Waals surface area contributed by atoms with Gasteiger partial charge in [-0.1, -0.05) is 24.7 Å². The Labute approximate surface area is 112 Å². The number of nitrogens with one attached hydrogen (secondary N) is 1. The Morgan fingerprint density at radius 2 is 2.28 bits per heavy atom. The molecule has 0 unspecified atom stereocenters. The van der Waals surface area contributed by atoms with E-state index in [0.717, 1.165) is 28.2 Å². The minimum absolute atomic E-state index is 0.0378. The third kappa shape index (κ3) is 3.12. The first kappa shape index (κ1) is 13.1. The SMILES string of the molecule is Cc1cc(C(=O)NC2CCCC2)sc1C#CCN. The van der Waals surface area contributed by atoms with Crippen molar-refractivity contribution in [3.63, 3.8) is 0 Å². The molecule has 1 aromatic rings. The predicted octanol–water partition coefficient (Wildman–Crippen LogP) is 2.04. The second-order valence-electron chi connectivity index (χ2n) is 4.58. The van der Waals surface area contributed by atoms with Gasteiger partial charge in [-0.05, 0) is 31.4 Å². The van der Waals surface area contributed by atoms with E-state index in [-0.39, 0.29) is 5.91 Å². The van der Waals surface area contributed by atoms with Crippen molar-refractivity contribution in [1.82, 2.24) is 5.32 Å². The summed E-state index contributed by atoms with van der Waals surface area (Å²) in [5.41, 5.74) is 6.41. The summed E-state index contributed by atoms with van der Waals surface area (Å²) in [6.07, 6.45) is 4.66. The van der Waals surface area contributed by atoms with Gasteiger partial charge >= 0.3 is 0 Å². The molecule has 4 heteroatoms. The zero-order chi connectivity index (χ0) is 13.0. The average molecular weight is 262 g/mol. The number of hydrogen-bond acceptors (Lipinski definition) is 3. The van der Waals surface area contributed by atoms with E-state index in [1.165, 1.54) is 24.2 Å². The maximum Gasteiger partial charge on any atom is 0.261 e. The number of nitrogens with two attached hydrogens (primary N) is 1. The van der Waals surface area contributed by atoms with Crippen LogP contribution in [0, 0.1) is 18.8 Å². The van der Waals surface area contributed by atoms with Crippen molar-refractivity contribution in [2.75, 3.05) is 6.54 Å². The summed E-state index contributed by atoms with van der Waals surface area (Å²) in [6.45, 7) is 2.32. The van der Waals surface area contributed by atoms with E-state index >= 15 is 0 Å². The van der Waals surface area contributed by atoms with Crippen molar-refractivity contribution in [2.45, 2.75) is 38.6 Å². The van der Waals surface area contributed by atoms with E-state index in [0.29, 0.717) is 12.6 Å². The van der Waals surface area contributed by atoms with E-state index in [4.69, 9.17) is 5.73 Å². The molecule has 1 heterocycles. The molecule has 3 N–H and O–H groups in total. The van der Waals surface area contributed by atoms with Crippen LogP contribution in [0.5, 0.6) is 0 Å². The van der Waals surface area contributed by atoms with Gasteiger partial charge in [0.15, 0.2) is 0 Å². The summed E-state index contributed by atoms with van der Waals surface area (Å²) in [5.74, 6) is 5.87. The van der Waals surface area contributed by atoms with Crippen LogP contribution in [-0.2, 0) is 0 Å². The summed E-state index contributed by atoms with van der Waals surface area (Å²) in [4.78, 5) is 13.8. The van der Waals surface area contributed by atoms with E-state index < -0.39 is 0 Å². The number of aryl methyl sites for hydroxylation is 1. The van der Waals surface area contributed by atoms with Crippen LogP contribution in [0.3, 0.4) is 0 Å². The van der Waals surface area contributed by atoms with E-state index in [9.17, 15) is 4.79 Å². The lowest BCUT2D eigenvalue weighted by atomic mass is 10.2. The molecule has 1 saturated carbocycles. The topological polar surface area (TPSA) is 55.1 Å². The first-order chi connectivity index (χ1) is 8.70. The Kier molecular flexibility index (Phi) is 4.40. The van der Waals surface area contributed by atoms with Crippen molar-refractivity contribution in [1.29, 1.82) is 0 Å². The molecular weight excluding hydrogens is 244 g/mol. The highest BCUT2D eigenvalue weighted by Gasteiger charge is 2.19. The van der Waals surface area contributed by atoms with Gasteiger partial charge in [0.2, 0.25) is 0 Å². The minimum Gasteiger partial charge on any atom is -0.349 e. The molecule has 1 amide bonds. The van der Waals surface area contributed by atoms with E-state index in [1.54, 1.807) is 0 Å². The van der Waals surface area contributed by atoms with Crippen LogP contribution in [0.1, 0.15) is 45.8 Å². The molecule has 3 nitrogen and oxygen atoms in total. The molecule has 0 aromatic carbocycles. The van der Waals surface area contributed by atoms with Gasteiger partial charge in [-0.15, -0.1) is 11.3 Å². The predicted molar refractivity (Wildman–Crippen MR) is 74.7 cm³/mol. The fourth-order valence-corrected chi connectivity index (χ4v) is 3.13. The van der Waals surface area contributed by atoms with Gasteiger partial charge in [-0.2, -0.15) is 0 Å². The number of carbonyl (C=O) groups excluding carboxylic acids is 1. The number of carbonyl (C=O) groups is 1. The lowest BCUT2D eigenvalue weighted by molar-refractivity contribution is 0.0942. The minimum atomic E-state index is 0.0378. The average Bonchev–Trinajstić information content (AvgIpc) is 2.96. The molecule has 1 aliphatic rings. The fraction of sp³-hybridized carbons (Fsp3) is 0.500. The lowest BCUT2D eigenvalue weighted by Crippen LogP contribution is -2.31.